The van der Waals surface area contributed by atoms with Crippen LogP contribution < -0.4 is 10.9 Å². The third kappa shape index (κ3) is 2.87. The molecule has 110 valence electrons. The monoisotopic (exact) mass is 324 g/mol. The summed E-state index contributed by atoms with van der Waals surface area (Å²) in [5.74, 6) is -0.114. The first-order valence-electron chi connectivity index (χ1n) is 6.71. The number of phenolic OH excluding ortho intramolecular Hbond substituents is 1. The van der Waals surface area contributed by atoms with Gasteiger partial charge in [0.25, 0.3) is 0 Å². The van der Waals surface area contributed by atoms with Crippen LogP contribution in [-0.2, 0) is 6.42 Å². The van der Waals surface area contributed by atoms with E-state index in [1.165, 1.54) is 6.07 Å². The molecule has 0 bridgehead atoms. The summed E-state index contributed by atoms with van der Waals surface area (Å²) >= 11 is 11.9. The highest BCUT2D eigenvalue weighted by molar-refractivity contribution is 6.37. The normalized spacial score (nSPS) is 17.3. The molecule has 6 heteroatoms. The predicted molar refractivity (Wildman–Crippen MR) is 84.5 cm³/mol. The van der Waals surface area contributed by atoms with Crippen LogP contribution in [0.1, 0.15) is 30.1 Å². The lowest BCUT2D eigenvalue weighted by molar-refractivity contribution is 0.476. The molecule has 0 fully saturated rings. The lowest BCUT2D eigenvalue weighted by Crippen LogP contribution is -2.21. The first kappa shape index (κ1) is 14.3. The Hall–Kier alpha value is -1.65. The van der Waals surface area contributed by atoms with Gasteiger partial charge in [-0.15, -0.1) is 0 Å². The van der Waals surface area contributed by atoms with E-state index in [0.29, 0.717) is 0 Å². The third-order valence-electron chi connectivity index (χ3n) is 3.69. The van der Waals surface area contributed by atoms with Gasteiger partial charge in [0.1, 0.15) is 0 Å². The molecule has 0 radical (unpaired) electrons. The lowest BCUT2D eigenvalue weighted by Gasteiger charge is -2.27. The van der Waals surface area contributed by atoms with Crippen molar-refractivity contribution in [2.45, 2.75) is 25.3 Å². The molecular weight excluding hydrogens is 311 g/mol. The number of phenols is 1. The van der Waals surface area contributed by atoms with Crippen molar-refractivity contribution < 1.29 is 5.11 Å². The first-order valence-corrected chi connectivity index (χ1v) is 7.47. The number of benzene rings is 1. The van der Waals surface area contributed by atoms with Crippen molar-refractivity contribution in [2.75, 3.05) is 5.32 Å². The molecule has 1 unspecified atom stereocenters. The minimum atomic E-state index is -0.114. The van der Waals surface area contributed by atoms with Gasteiger partial charge in [-0.1, -0.05) is 23.2 Å². The number of H-pyrrole nitrogens is 1. The maximum atomic E-state index is 11.4. The Morgan fingerprint density at radius 3 is 2.67 bits per heavy atom. The van der Waals surface area contributed by atoms with Crippen molar-refractivity contribution >= 4 is 28.9 Å². The zero-order valence-electron chi connectivity index (χ0n) is 11.1. The Bertz CT molecular complexity index is 720. The van der Waals surface area contributed by atoms with Crippen molar-refractivity contribution in [3.8, 4) is 5.75 Å². The standard InChI is InChI=1S/C15H14Cl2N2O2/c16-10-6-8(7-11(17)15(10)21)18-12-2-1-3-13-9(12)4-5-14(20)19-13/h4-7,12,18,21H,1-3H2,(H,19,20). The fraction of sp³-hybridized carbons (Fsp3) is 0.267. The second kappa shape index (κ2) is 5.62. The fourth-order valence-corrected chi connectivity index (χ4v) is 3.19. The maximum Gasteiger partial charge on any atom is 0.248 e. The van der Waals surface area contributed by atoms with Crippen molar-refractivity contribution in [3.63, 3.8) is 0 Å². The fourth-order valence-electron chi connectivity index (χ4n) is 2.70. The number of aryl methyl sites for hydroxylation is 1. The number of aromatic hydroxyl groups is 1. The summed E-state index contributed by atoms with van der Waals surface area (Å²) in [5, 5.41) is 13.4. The summed E-state index contributed by atoms with van der Waals surface area (Å²) in [6.07, 6.45) is 2.82. The molecule has 3 N–H and O–H groups in total. The number of pyridine rings is 1. The minimum absolute atomic E-state index is 0.0786. The van der Waals surface area contributed by atoms with E-state index >= 15 is 0 Å². The summed E-state index contributed by atoms with van der Waals surface area (Å²) in [4.78, 5) is 14.3. The molecule has 0 saturated carbocycles. The summed E-state index contributed by atoms with van der Waals surface area (Å²) in [7, 11) is 0. The van der Waals surface area contributed by atoms with E-state index < -0.39 is 0 Å². The smallest absolute Gasteiger partial charge is 0.248 e. The molecule has 1 aliphatic carbocycles. The summed E-state index contributed by atoms with van der Waals surface area (Å²) in [6, 6.07) is 6.76. The molecule has 1 aliphatic rings. The highest BCUT2D eigenvalue weighted by Gasteiger charge is 2.21. The van der Waals surface area contributed by atoms with Gasteiger partial charge in [-0.05, 0) is 43.0 Å². The molecule has 1 atom stereocenters. The highest BCUT2D eigenvalue weighted by Crippen LogP contribution is 2.37. The van der Waals surface area contributed by atoms with Gasteiger partial charge in [-0.3, -0.25) is 4.79 Å². The molecule has 2 aromatic rings. The number of halogens is 2. The maximum absolute atomic E-state index is 11.4. The van der Waals surface area contributed by atoms with Gasteiger partial charge in [0.05, 0.1) is 16.1 Å². The van der Waals surface area contributed by atoms with Crippen LogP contribution in [0.4, 0.5) is 5.69 Å². The van der Waals surface area contributed by atoms with E-state index in [1.54, 1.807) is 12.1 Å². The Balaban J connectivity index is 1.92. The molecule has 1 aromatic heterocycles. The van der Waals surface area contributed by atoms with Crippen LogP contribution in [-0.4, -0.2) is 10.1 Å². The number of aromatic amines is 1. The topological polar surface area (TPSA) is 65.1 Å². The Morgan fingerprint density at radius 1 is 1.24 bits per heavy atom. The third-order valence-corrected chi connectivity index (χ3v) is 4.27. The first-order chi connectivity index (χ1) is 10.0. The SMILES string of the molecule is O=c1ccc2c([nH]1)CCCC2Nc1cc(Cl)c(O)c(Cl)c1. The summed E-state index contributed by atoms with van der Waals surface area (Å²) in [5.41, 5.74) is 2.72. The molecule has 21 heavy (non-hydrogen) atoms. The summed E-state index contributed by atoms with van der Waals surface area (Å²) in [6.45, 7) is 0. The number of aromatic nitrogens is 1. The van der Waals surface area contributed by atoms with Crippen LogP contribution in [0.25, 0.3) is 0 Å². The average Bonchev–Trinajstić information content (AvgIpc) is 2.44. The van der Waals surface area contributed by atoms with Crippen molar-refractivity contribution in [1.82, 2.24) is 4.98 Å². The van der Waals surface area contributed by atoms with E-state index in [0.717, 1.165) is 36.2 Å². The van der Waals surface area contributed by atoms with E-state index in [-0.39, 0.29) is 27.4 Å². The molecule has 1 heterocycles. The van der Waals surface area contributed by atoms with Gasteiger partial charge in [0.2, 0.25) is 5.56 Å². The van der Waals surface area contributed by atoms with Crippen LogP contribution >= 0.6 is 23.2 Å². The van der Waals surface area contributed by atoms with Crippen LogP contribution in [0.2, 0.25) is 10.0 Å². The zero-order valence-corrected chi connectivity index (χ0v) is 12.6. The van der Waals surface area contributed by atoms with Crippen molar-refractivity contribution in [2.24, 2.45) is 0 Å². The number of hydrogen-bond acceptors (Lipinski definition) is 3. The van der Waals surface area contributed by atoms with E-state index in [1.807, 2.05) is 6.07 Å². The number of nitrogens with one attached hydrogen (secondary N) is 2. The van der Waals surface area contributed by atoms with Gasteiger partial charge in [-0.2, -0.15) is 0 Å². The van der Waals surface area contributed by atoms with Crippen molar-refractivity contribution in [3.05, 3.63) is 55.9 Å². The van der Waals surface area contributed by atoms with Gasteiger partial charge < -0.3 is 15.4 Å². The van der Waals surface area contributed by atoms with E-state index in [2.05, 4.69) is 10.3 Å². The van der Waals surface area contributed by atoms with Gasteiger partial charge in [-0.25, -0.2) is 0 Å². The predicted octanol–water partition coefficient (Wildman–Crippen LogP) is 3.88. The Labute approximate surface area is 131 Å². The number of rotatable bonds is 2. The largest absolute Gasteiger partial charge is 0.505 e. The molecule has 4 nitrogen and oxygen atoms in total. The molecule has 3 rings (SSSR count). The highest BCUT2D eigenvalue weighted by atomic mass is 35.5. The molecular formula is C15H14Cl2N2O2. The quantitative estimate of drug-likeness (QED) is 0.734. The number of anilines is 1. The van der Waals surface area contributed by atoms with Crippen LogP contribution in [0.3, 0.4) is 0 Å². The van der Waals surface area contributed by atoms with Crippen LogP contribution in [0, 0.1) is 0 Å². The van der Waals surface area contributed by atoms with Crippen molar-refractivity contribution in [1.29, 1.82) is 0 Å². The summed E-state index contributed by atoms with van der Waals surface area (Å²) < 4.78 is 0. The molecule has 1 aromatic carbocycles. The Morgan fingerprint density at radius 2 is 1.95 bits per heavy atom. The van der Waals surface area contributed by atoms with Gasteiger partial charge in [0.15, 0.2) is 5.75 Å². The van der Waals surface area contributed by atoms with E-state index in [9.17, 15) is 9.90 Å². The van der Waals surface area contributed by atoms with Gasteiger partial charge >= 0.3 is 0 Å². The average molecular weight is 325 g/mol. The second-order valence-electron chi connectivity index (χ2n) is 5.13. The molecule has 0 spiro atoms. The molecule has 0 saturated heterocycles. The number of hydrogen-bond donors (Lipinski definition) is 3. The van der Waals surface area contributed by atoms with Gasteiger partial charge in [0, 0.05) is 17.4 Å². The van der Waals surface area contributed by atoms with E-state index in [4.69, 9.17) is 23.2 Å². The minimum Gasteiger partial charge on any atom is -0.505 e. The Kier molecular flexibility index (Phi) is 3.83. The molecule has 0 aliphatic heterocycles. The molecule has 0 amide bonds. The second-order valence-corrected chi connectivity index (χ2v) is 5.95. The van der Waals surface area contributed by atoms with Crippen LogP contribution in [0.15, 0.2) is 29.1 Å². The lowest BCUT2D eigenvalue weighted by atomic mass is 9.91. The zero-order chi connectivity index (χ0) is 15.0. The number of fused-ring (bicyclic) bond motifs is 1. The van der Waals surface area contributed by atoms with Crippen LogP contribution in [0.5, 0.6) is 5.75 Å².